The number of carboxylic acids is 1. The van der Waals surface area contributed by atoms with Gasteiger partial charge in [-0.3, -0.25) is 9.59 Å². The SMILES string of the molecule is O=C(O)CCCCC(=O)Nc1ccc(NC(=O)NCc2ccco2)cc1. The van der Waals surface area contributed by atoms with Gasteiger partial charge in [-0.15, -0.1) is 0 Å². The number of carboxylic acid groups (broad SMARTS) is 1. The fourth-order valence-electron chi connectivity index (χ4n) is 2.18. The highest BCUT2D eigenvalue weighted by Crippen LogP contribution is 2.14. The average Bonchev–Trinajstić information content (AvgIpc) is 3.12. The number of amides is 3. The third kappa shape index (κ3) is 7.08. The average molecular weight is 359 g/mol. The standard InChI is InChI=1S/C18H21N3O5/c22-16(5-1-2-6-17(23)24)20-13-7-9-14(10-8-13)21-18(25)19-12-15-4-3-11-26-15/h3-4,7-11H,1-2,5-6,12H2,(H,20,22)(H,23,24)(H2,19,21,25). The van der Waals surface area contributed by atoms with E-state index < -0.39 is 5.97 Å². The van der Waals surface area contributed by atoms with Crippen LogP contribution in [0.5, 0.6) is 0 Å². The summed E-state index contributed by atoms with van der Waals surface area (Å²) >= 11 is 0. The Morgan fingerprint density at radius 1 is 0.923 bits per heavy atom. The molecule has 0 spiro atoms. The zero-order valence-corrected chi connectivity index (χ0v) is 14.2. The van der Waals surface area contributed by atoms with Gasteiger partial charge in [-0.1, -0.05) is 0 Å². The normalized spacial score (nSPS) is 10.2. The summed E-state index contributed by atoms with van der Waals surface area (Å²) in [5, 5.41) is 16.6. The number of furan rings is 1. The molecule has 1 aromatic carbocycles. The number of benzene rings is 1. The summed E-state index contributed by atoms with van der Waals surface area (Å²) in [5.74, 6) is -0.379. The number of hydrogen-bond donors (Lipinski definition) is 4. The Hall–Kier alpha value is -3.29. The van der Waals surface area contributed by atoms with E-state index in [9.17, 15) is 14.4 Å². The van der Waals surface area contributed by atoms with Crippen molar-refractivity contribution >= 4 is 29.3 Å². The number of urea groups is 1. The van der Waals surface area contributed by atoms with Gasteiger partial charge in [0.2, 0.25) is 5.91 Å². The van der Waals surface area contributed by atoms with Crippen LogP contribution in [-0.4, -0.2) is 23.0 Å². The van der Waals surface area contributed by atoms with E-state index in [2.05, 4.69) is 16.0 Å². The second-order valence-electron chi connectivity index (χ2n) is 5.61. The summed E-state index contributed by atoms with van der Waals surface area (Å²) in [6.45, 7) is 0.287. The third-order valence-corrected chi connectivity index (χ3v) is 3.47. The van der Waals surface area contributed by atoms with Gasteiger partial charge in [-0.25, -0.2) is 4.79 Å². The van der Waals surface area contributed by atoms with Crippen LogP contribution in [0.25, 0.3) is 0 Å². The van der Waals surface area contributed by atoms with Crippen molar-refractivity contribution in [2.75, 3.05) is 10.6 Å². The number of carbonyl (C=O) groups excluding carboxylic acids is 2. The smallest absolute Gasteiger partial charge is 0.319 e. The van der Waals surface area contributed by atoms with Gasteiger partial charge in [0, 0.05) is 24.2 Å². The van der Waals surface area contributed by atoms with Crippen LogP contribution in [0.1, 0.15) is 31.4 Å². The number of hydrogen-bond acceptors (Lipinski definition) is 4. The molecule has 0 aliphatic carbocycles. The van der Waals surface area contributed by atoms with Gasteiger partial charge in [0.1, 0.15) is 5.76 Å². The maximum Gasteiger partial charge on any atom is 0.319 e. The van der Waals surface area contributed by atoms with Crippen LogP contribution in [0, 0.1) is 0 Å². The Morgan fingerprint density at radius 2 is 1.58 bits per heavy atom. The van der Waals surface area contributed by atoms with E-state index in [1.807, 2.05) is 0 Å². The highest BCUT2D eigenvalue weighted by molar-refractivity contribution is 5.92. The van der Waals surface area contributed by atoms with E-state index in [-0.39, 0.29) is 31.3 Å². The van der Waals surface area contributed by atoms with Crippen molar-refractivity contribution < 1.29 is 23.9 Å². The van der Waals surface area contributed by atoms with E-state index >= 15 is 0 Å². The largest absolute Gasteiger partial charge is 0.481 e. The number of carbonyl (C=O) groups is 3. The van der Waals surface area contributed by atoms with Crippen molar-refractivity contribution in [3.05, 3.63) is 48.4 Å². The van der Waals surface area contributed by atoms with Crippen LogP contribution in [0.4, 0.5) is 16.2 Å². The molecule has 0 saturated carbocycles. The van der Waals surface area contributed by atoms with E-state index in [1.165, 1.54) is 6.26 Å². The highest BCUT2D eigenvalue weighted by atomic mass is 16.4. The van der Waals surface area contributed by atoms with Gasteiger partial charge in [0.15, 0.2) is 0 Å². The molecule has 0 radical (unpaired) electrons. The van der Waals surface area contributed by atoms with E-state index in [1.54, 1.807) is 36.4 Å². The molecule has 138 valence electrons. The van der Waals surface area contributed by atoms with Gasteiger partial charge < -0.3 is 25.5 Å². The molecule has 2 aromatic rings. The van der Waals surface area contributed by atoms with Crippen LogP contribution >= 0.6 is 0 Å². The van der Waals surface area contributed by atoms with Crippen LogP contribution in [-0.2, 0) is 16.1 Å². The molecule has 8 heteroatoms. The quantitative estimate of drug-likeness (QED) is 0.512. The predicted molar refractivity (Wildman–Crippen MR) is 95.7 cm³/mol. The topological polar surface area (TPSA) is 121 Å². The van der Waals surface area contributed by atoms with Gasteiger partial charge in [0.05, 0.1) is 12.8 Å². The van der Waals surface area contributed by atoms with E-state index in [0.717, 1.165) is 0 Å². The first-order chi connectivity index (χ1) is 12.5. The summed E-state index contributed by atoms with van der Waals surface area (Å²) in [7, 11) is 0. The van der Waals surface area contributed by atoms with Crippen molar-refractivity contribution in [2.24, 2.45) is 0 Å². The number of rotatable bonds is 9. The minimum Gasteiger partial charge on any atom is -0.481 e. The van der Waals surface area contributed by atoms with Gasteiger partial charge in [-0.2, -0.15) is 0 Å². The summed E-state index contributed by atoms with van der Waals surface area (Å²) in [5.41, 5.74) is 1.19. The summed E-state index contributed by atoms with van der Waals surface area (Å²) < 4.78 is 5.12. The lowest BCUT2D eigenvalue weighted by atomic mass is 10.2. The monoisotopic (exact) mass is 359 g/mol. The van der Waals surface area contributed by atoms with Crippen molar-refractivity contribution in [1.29, 1.82) is 0 Å². The molecule has 0 fully saturated rings. The minimum atomic E-state index is -0.860. The maximum absolute atomic E-state index is 11.8. The molecule has 2 rings (SSSR count). The van der Waals surface area contributed by atoms with Crippen LogP contribution < -0.4 is 16.0 Å². The first-order valence-electron chi connectivity index (χ1n) is 8.22. The van der Waals surface area contributed by atoms with Gasteiger partial charge in [0.25, 0.3) is 0 Å². The van der Waals surface area contributed by atoms with E-state index in [0.29, 0.717) is 30.0 Å². The molecular weight excluding hydrogens is 338 g/mol. The third-order valence-electron chi connectivity index (χ3n) is 3.47. The summed E-state index contributed by atoms with van der Waals surface area (Å²) in [6, 6.07) is 9.85. The van der Waals surface area contributed by atoms with Crippen LogP contribution in [0.3, 0.4) is 0 Å². The molecule has 26 heavy (non-hydrogen) atoms. The molecule has 3 amide bonds. The number of anilines is 2. The first-order valence-corrected chi connectivity index (χ1v) is 8.22. The zero-order valence-electron chi connectivity index (χ0n) is 14.2. The second-order valence-corrected chi connectivity index (χ2v) is 5.61. The molecule has 0 saturated heterocycles. The zero-order chi connectivity index (χ0) is 18.8. The molecule has 1 heterocycles. The Kier molecular flexibility index (Phi) is 7.23. The molecule has 0 bridgehead atoms. The molecule has 1 aromatic heterocycles. The Bertz CT molecular complexity index is 726. The molecule has 0 aliphatic rings. The predicted octanol–water partition coefficient (Wildman–Crippen LogP) is 3.18. The van der Waals surface area contributed by atoms with Crippen molar-refractivity contribution in [3.8, 4) is 0 Å². The Labute approximate surface area is 150 Å². The minimum absolute atomic E-state index is 0.0651. The molecular formula is C18H21N3O5. The second kappa shape index (κ2) is 9.87. The fraction of sp³-hybridized carbons (Fsp3) is 0.278. The highest BCUT2D eigenvalue weighted by Gasteiger charge is 2.06. The molecule has 0 atom stereocenters. The lowest BCUT2D eigenvalue weighted by molar-refractivity contribution is -0.137. The summed E-state index contributed by atoms with van der Waals surface area (Å²) in [4.78, 5) is 34.0. The molecule has 8 nitrogen and oxygen atoms in total. The van der Waals surface area contributed by atoms with Crippen molar-refractivity contribution in [3.63, 3.8) is 0 Å². The number of unbranched alkanes of at least 4 members (excludes halogenated alkanes) is 1. The molecule has 0 aliphatic heterocycles. The van der Waals surface area contributed by atoms with Gasteiger partial charge >= 0.3 is 12.0 Å². The lowest BCUT2D eigenvalue weighted by Crippen LogP contribution is -2.27. The van der Waals surface area contributed by atoms with Crippen molar-refractivity contribution in [2.45, 2.75) is 32.2 Å². The summed E-state index contributed by atoms with van der Waals surface area (Å²) in [6.07, 6.45) is 2.86. The molecule has 4 N–H and O–H groups in total. The number of nitrogens with one attached hydrogen (secondary N) is 3. The lowest BCUT2D eigenvalue weighted by Gasteiger charge is -2.08. The van der Waals surface area contributed by atoms with Crippen LogP contribution in [0.2, 0.25) is 0 Å². The van der Waals surface area contributed by atoms with Crippen molar-refractivity contribution in [1.82, 2.24) is 5.32 Å². The maximum atomic E-state index is 11.8. The van der Waals surface area contributed by atoms with Gasteiger partial charge in [-0.05, 0) is 49.2 Å². The van der Waals surface area contributed by atoms with Crippen LogP contribution in [0.15, 0.2) is 47.1 Å². The molecule has 0 unspecified atom stereocenters. The first kappa shape index (κ1) is 19.0. The number of aliphatic carboxylic acids is 1. The Morgan fingerprint density at radius 3 is 2.19 bits per heavy atom. The fourth-order valence-corrected chi connectivity index (χ4v) is 2.18. The van der Waals surface area contributed by atoms with E-state index in [4.69, 9.17) is 9.52 Å². The Balaban J connectivity index is 1.70.